The van der Waals surface area contributed by atoms with Crippen LogP contribution in [0.1, 0.15) is 11.5 Å². The molecule has 0 bridgehead atoms. The number of fused-ring (bicyclic) bond motifs is 1. The van der Waals surface area contributed by atoms with Gasteiger partial charge < -0.3 is 4.42 Å². The number of sulfonamides is 1. The van der Waals surface area contributed by atoms with Gasteiger partial charge in [-0.3, -0.25) is 14.8 Å². The lowest BCUT2D eigenvalue weighted by Crippen LogP contribution is -2.12. The minimum atomic E-state index is -3.94. The molecule has 1 heterocycles. The summed E-state index contributed by atoms with van der Waals surface area (Å²) in [6.07, 6.45) is 0.360. The lowest BCUT2D eigenvalue weighted by molar-refractivity contribution is -0.384. The first-order chi connectivity index (χ1) is 14.3. The Morgan fingerprint density at radius 1 is 1.03 bits per heavy atom. The highest BCUT2D eigenvalue weighted by molar-refractivity contribution is 7.92. The Hall–Kier alpha value is -3.79. The van der Waals surface area contributed by atoms with Crippen molar-refractivity contribution in [2.24, 2.45) is 0 Å². The first kappa shape index (κ1) is 19.5. The molecule has 4 aromatic rings. The highest BCUT2D eigenvalue weighted by Crippen LogP contribution is 2.24. The van der Waals surface area contributed by atoms with Gasteiger partial charge in [0.25, 0.3) is 15.7 Å². The topological polar surface area (TPSA) is 115 Å². The maximum atomic E-state index is 13.0. The van der Waals surface area contributed by atoms with Crippen LogP contribution in [0.15, 0.2) is 76.0 Å². The molecule has 0 amide bonds. The molecule has 0 radical (unpaired) electrons. The van der Waals surface area contributed by atoms with Crippen molar-refractivity contribution in [1.29, 1.82) is 0 Å². The molecule has 0 saturated carbocycles. The second kappa shape index (κ2) is 7.56. The fourth-order valence-electron chi connectivity index (χ4n) is 2.85. The van der Waals surface area contributed by atoms with Crippen molar-refractivity contribution in [3.8, 4) is 0 Å². The van der Waals surface area contributed by atoms with Gasteiger partial charge in [0.1, 0.15) is 11.3 Å². The minimum absolute atomic E-state index is 0.106. The van der Waals surface area contributed by atoms with Gasteiger partial charge >= 0.3 is 0 Å². The van der Waals surface area contributed by atoms with Crippen LogP contribution in [-0.2, 0) is 16.4 Å². The zero-order valence-corrected chi connectivity index (χ0v) is 16.1. The predicted octanol–water partition coefficient (Wildman–Crippen LogP) is 4.27. The standard InChI is InChI=1S/C20H14FN3O5S/c21-14-3-1-13(2-4-14)11-20-22-18-12-15(5-10-19(18)29-20)23-30(27,28)17-8-6-16(7-9-17)24(25)26/h1-10,12,23H,11H2. The minimum Gasteiger partial charge on any atom is -0.440 e. The van der Waals surface area contributed by atoms with E-state index in [1.807, 2.05) is 0 Å². The number of nitrogens with zero attached hydrogens (tertiary/aromatic N) is 2. The number of nitrogens with one attached hydrogen (secondary N) is 1. The predicted molar refractivity (Wildman–Crippen MR) is 107 cm³/mol. The summed E-state index contributed by atoms with van der Waals surface area (Å²) in [5.74, 6) is 0.0771. The van der Waals surface area contributed by atoms with Crippen molar-refractivity contribution in [2.75, 3.05) is 4.72 Å². The SMILES string of the molecule is O=[N+]([O-])c1ccc(S(=O)(=O)Nc2ccc3oc(Cc4ccc(F)cc4)nc3c2)cc1. The zero-order valence-electron chi connectivity index (χ0n) is 15.3. The van der Waals surface area contributed by atoms with E-state index < -0.39 is 14.9 Å². The van der Waals surface area contributed by atoms with Gasteiger partial charge in [-0.1, -0.05) is 12.1 Å². The van der Waals surface area contributed by atoms with E-state index in [2.05, 4.69) is 9.71 Å². The molecule has 1 N–H and O–H groups in total. The van der Waals surface area contributed by atoms with Gasteiger partial charge in [-0.25, -0.2) is 17.8 Å². The number of nitro benzene ring substituents is 1. The van der Waals surface area contributed by atoms with Gasteiger partial charge in [-0.2, -0.15) is 0 Å². The lowest BCUT2D eigenvalue weighted by Gasteiger charge is -2.07. The third kappa shape index (κ3) is 4.13. The molecular formula is C20H14FN3O5S. The fraction of sp³-hybridized carbons (Fsp3) is 0.0500. The highest BCUT2D eigenvalue weighted by atomic mass is 32.2. The van der Waals surface area contributed by atoms with Crippen LogP contribution in [0.3, 0.4) is 0 Å². The number of hydrogen-bond donors (Lipinski definition) is 1. The van der Waals surface area contributed by atoms with Crippen molar-refractivity contribution in [2.45, 2.75) is 11.3 Å². The largest absolute Gasteiger partial charge is 0.440 e. The molecule has 0 atom stereocenters. The average molecular weight is 427 g/mol. The maximum Gasteiger partial charge on any atom is 0.269 e. The molecule has 0 saturated heterocycles. The van der Waals surface area contributed by atoms with E-state index in [1.165, 1.54) is 24.3 Å². The Bertz CT molecular complexity index is 1330. The van der Waals surface area contributed by atoms with E-state index in [-0.39, 0.29) is 22.1 Å². The summed E-state index contributed by atoms with van der Waals surface area (Å²) < 4.78 is 46.2. The average Bonchev–Trinajstić information content (AvgIpc) is 3.11. The Morgan fingerprint density at radius 2 is 1.73 bits per heavy atom. The molecule has 4 rings (SSSR count). The van der Waals surface area contributed by atoms with Crippen LogP contribution in [0.25, 0.3) is 11.1 Å². The van der Waals surface area contributed by atoms with Crippen LogP contribution in [-0.4, -0.2) is 18.3 Å². The molecule has 0 aliphatic carbocycles. The van der Waals surface area contributed by atoms with Crippen molar-refractivity contribution in [3.63, 3.8) is 0 Å². The Labute approximate surface area is 170 Å². The zero-order chi connectivity index (χ0) is 21.3. The van der Waals surface area contributed by atoms with E-state index in [9.17, 15) is 22.9 Å². The number of aromatic nitrogens is 1. The highest BCUT2D eigenvalue weighted by Gasteiger charge is 2.17. The van der Waals surface area contributed by atoms with Gasteiger partial charge in [-0.05, 0) is 48.0 Å². The van der Waals surface area contributed by atoms with Crippen molar-refractivity contribution in [3.05, 3.63) is 94.1 Å². The number of oxazole rings is 1. The monoisotopic (exact) mass is 427 g/mol. The molecule has 152 valence electrons. The molecular weight excluding hydrogens is 413 g/mol. The second-order valence-corrected chi connectivity index (χ2v) is 8.13. The van der Waals surface area contributed by atoms with Crippen LogP contribution >= 0.6 is 0 Å². The maximum absolute atomic E-state index is 13.0. The molecule has 0 aliphatic rings. The number of nitro groups is 1. The molecule has 0 fully saturated rings. The van der Waals surface area contributed by atoms with Gasteiger partial charge in [0.05, 0.1) is 15.5 Å². The number of non-ortho nitro benzene ring substituents is 1. The summed E-state index contributed by atoms with van der Waals surface area (Å²) in [5.41, 5.74) is 1.82. The summed E-state index contributed by atoms with van der Waals surface area (Å²) in [5, 5.41) is 10.7. The number of halogens is 1. The van der Waals surface area contributed by atoms with Gasteiger partial charge in [0.15, 0.2) is 11.5 Å². The van der Waals surface area contributed by atoms with E-state index >= 15 is 0 Å². The van der Waals surface area contributed by atoms with Crippen LogP contribution < -0.4 is 4.72 Å². The van der Waals surface area contributed by atoms with Crippen LogP contribution in [0.2, 0.25) is 0 Å². The molecule has 1 aromatic heterocycles. The first-order valence-electron chi connectivity index (χ1n) is 8.71. The van der Waals surface area contributed by atoms with Gasteiger partial charge in [0.2, 0.25) is 0 Å². The number of hydrogen-bond acceptors (Lipinski definition) is 6. The smallest absolute Gasteiger partial charge is 0.269 e. The van der Waals surface area contributed by atoms with Crippen LogP contribution in [0, 0.1) is 15.9 Å². The first-order valence-corrected chi connectivity index (χ1v) is 10.2. The molecule has 0 aliphatic heterocycles. The second-order valence-electron chi connectivity index (χ2n) is 6.45. The van der Waals surface area contributed by atoms with E-state index in [0.29, 0.717) is 23.4 Å². The lowest BCUT2D eigenvalue weighted by atomic mass is 10.1. The quantitative estimate of drug-likeness (QED) is 0.363. The number of rotatable bonds is 6. The molecule has 0 spiro atoms. The number of benzene rings is 3. The van der Waals surface area contributed by atoms with Gasteiger partial charge in [0, 0.05) is 18.6 Å². The molecule has 10 heteroatoms. The van der Waals surface area contributed by atoms with Crippen molar-refractivity contribution < 1.29 is 22.1 Å². The van der Waals surface area contributed by atoms with E-state index in [1.54, 1.807) is 18.2 Å². The fourth-order valence-corrected chi connectivity index (χ4v) is 3.90. The van der Waals surface area contributed by atoms with Crippen molar-refractivity contribution in [1.82, 2.24) is 4.98 Å². The normalized spacial score (nSPS) is 11.5. The third-order valence-corrected chi connectivity index (χ3v) is 5.71. The third-order valence-electron chi connectivity index (χ3n) is 4.31. The summed E-state index contributed by atoms with van der Waals surface area (Å²) >= 11 is 0. The van der Waals surface area contributed by atoms with Crippen molar-refractivity contribution >= 4 is 32.5 Å². The summed E-state index contributed by atoms with van der Waals surface area (Å²) in [7, 11) is -3.94. The Morgan fingerprint density at radius 3 is 2.40 bits per heavy atom. The summed E-state index contributed by atoms with van der Waals surface area (Å²) in [6.45, 7) is 0. The molecule has 30 heavy (non-hydrogen) atoms. The summed E-state index contributed by atoms with van der Waals surface area (Å²) in [6, 6.07) is 15.2. The van der Waals surface area contributed by atoms with E-state index in [0.717, 1.165) is 29.8 Å². The van der Waals surface area contributed by atoms with Crippen LogP contribution in [0.5, 0.6) is 0 Å². The summed E-state index contributed by atoms with van der Waals surface area (Å²) in [4.78, 5) is 14.4. The molecule has 3 aromatic carbocycles. The Kier molecular flexibility index (Phi) is 4.92. The van der Waals surface area contributed by atoms with E-state index in [4.69, 9.17) is 4.42 Å². The van der Waals surface area contributed by atoms with Crippen LogP contribution in [0.4, 0.5) is 15.8 Å². The molecule has 8 nitrogen and oxygen atoms in total. The number of anilines is 1. The molecule has 0 unspecified atom stereocenters. The van der Waals surface area contributed by atoms with Gasteiger partial charge in [-0.15, -0.1) is 0 Å². The Balaban J connectivity index is 1.55.